The van der Waals surface area contributed by atoms with Gasteiger partial charge in [0.1, 0.15) is 0 Å². The highest BCUT2D eigenvalue weighted by atomic mass is 32.2. The summed E-state index contributed by atoms with van der Waals surface area (Å²) in [4.78, 5) is 31.6. The largest absolute Gasteiger partial charge is 0.494 e. The van der Waals surface area contributed by atoms with Crippen LogP contribution in [-0.4, -0.2) is 40.6 Å². The summed E-state index contributed by atoms with van der Waals surface area (Å²) < 4.78 is 20.7. The number of ether oxygens (including phenoxy) is 1. The second kappa shape index (κ2) is 9.51. The van der Waals surface area contributed by atoms with Crippen LogP contribution in [0.4, 0.5) is 4.39 Å². The second-order valence-electron chi connectivity index (χ2n) is 7.46. The summed E-state index contributed by atoms with van der Waals surface area (Å²) in [5.41, 5.74) is 1.32. The quantitative estimate of drug-likeness (QED) is 0.393. The number of amides is 1. The fraction of sp³-hybridized carbons (Fsp3) is 0.348. The van der Waals surface area contributed by atoms with Crippen LogP contribution in [0, 0.1) is 5.82 Å². The van der Waals surface area contributed by atoms with Gasteiger partial charge in [-0.2, -0.15) is 0 Å². The fourth-order valence-corrected chi connectivity index (χ4v) is 4.73. The maximum atomic E-state index is 14.0. The summed E-state index contributed by atoms with van der Waals surface area (Å²) >= 11 is 1.40. The molecule has 0 saturated carbocycles. The molecule has 8 heteroatoms. The Morgan fingerprint density at radius 3 is 2.74 bits per heavy atom. The van der Waals surface area contributed by atoms with Crippen molar-refractivity contribution < 1.29 is 13.9 Å². The van der Waals surface area contributed by atoms with Crippen LogP contribution in [0.25, 0.3) is 10.9 Å². The van der Waals surface area contributed by atoms with Crippen molar-refractivity contribution in [2.24, 2.45) is 0 Å². The Bertz CT molecular complexity index is 1160. The molecule has 0 radical (unpaired) electrons. The molecule has 162 valence electrons. The number of hydrogen-bond acceptors (Lipinski definition) is 5. The maximum absolute atomic E-state index is 14.0. The normalized spacial score (nSPS) is 13.9. The van der Waals surface area contributed by atoms with E-state index in [1.807, 2.05) is 23.1 Å². The molecule has 2 heterocycles. The van der Waals surface area contributed by atoms with Gasteiger partial charge in [-0.25, -0.2) is 9.37 Å². The molecule has 1 amide bonds. The number of thioether (sulfide) groups is 1. The van der Waals surface area contributed by atoms with Crippen LogP contribution in [0.15, 0.2) is 52.4 Å². The zero-order valence-electron chi connectivity index (χ0n) is 17.3. The zero-order chi connectivity index (χ0) is 21.8. The minimum absolute atomic E-state index is 0.0956. The first-order valence-corrected chi connectivity index (χ1v) is 11.3. The summed E-state index contributed by atoms with van der Waals surface area (Å²) in [7, 11) is 1.43. The van der Waals surface area contributed by atoms with Gasteiger partial charge in [-0.1, -0.05) is 30.0 Å². The van der Waals surface area contributed by atoms with Crippen LogP contribution in [-0.2, 0) is 17.1 Å². The Labute approximate surface area is 184 Å². The van der Waals surface area contributed by atoms with Gasteiger partial charge in [0.05, 0.1) is 18.0 Å². The molecule has 3 aromatic rings. The van der Waals surface area contributed by atoms with Crippen LogP contribution >= 0.6 is 11.8 Å². The number of aromatic nitrogens is 2. The molecule has 1 fully saturated rings. The van der Waals surface area contributed by atoms with Gasteiger partial charge in [-0.05, 0) is 42.7 Å². The number of carbonyl (C=O) groups excluding carboxylic acids is 1. The summed E-state index contributed by atoms with van der Waals surface area (Å²) in [6, 6.07) is 12.1. The van der Waals surface area contributed by atoms with E-state index < -0.39 is 5.82 Å². The number of likely N-dealkylation sites (tertiary alicyclic amines) is 1. The van der Waals surface area contributed by atoms with E-state index in [-0.39, 0.29) is 17.2 Å². The van der Waals surface area contributed by atoms with E-state index in [1.165, 1.54) is 24.9 Å². The Morgan fingerprint density at radius 1 is 1.16 bits per heavy atom. The number of carbonyl (C=O) groups is 1. The first-order chi connectivity index (χ1) is 15.1. The summed E-state index contributed by atoms with van der Waals surface area (Å²) in [5, 5.41) is 1.16. The van der Waals surface area contributed by atoms with Crippen LogP contribution in [0.2, 0.25) is 0 Å². The molecule has 0 N–H and O–H groups in total. The van der Waals surface area contributed by atoms with Gasteiger partial charge in [0.15, 0.2) is 16.7 Å². The average molecular weight is 442 g/mol. The molecule has 1 aliphatic rings. The van der Waals surface area contributed by atoms with E-state index >= 15 is 0 Å². The minimum atomic E-state index is -0.417. The van der Waals surface area contributed by atoms with Gasteiger partial charge in [0.25, 0.3) is 5.56 Å². The molecule has 1 aromatic heterocycles. The Balaban J connectivity index is 1.56. The average Bonchev–Trinajstić information content (AvgIpc) is 3.19. The Hall–Kier alpha value is -2.87. The smallest absolute Gasteiger partial charge is 0.262 e. The van der Waals surface area contributed by atoms with E-state index in [4.69, 9.17) is 9.72 Å². The molecule has 0 aliphatic carbocycles. The first kappa shape index (κ1) is 21.4. The number of methoxy groups -OCH3 is 1. The third-order valence-electron chi connectivity index (χ3n) is 5.39. The van der Waals surface area contributed by atoms with Crippen molar-refractivity contribution in [3.63, 3.8) is 0 Å². The van der Waals surface area contributed by atoms with E-state index in [2.05, 4.69) is 0 Å². The van der Waals surface area contributed by atoms with Crippen molar-refractivity contribution in [3.8, 4) is 5.75 Å². The van der Waals surface area contributed by atoms with Crippen LogP contribution in [0.5, 0.6) is 5.75 Å². The first-order valence-electron chi connectivity index (χ1n) is 10.3. The molecule has 0 spiro atoms. The van der Waals surface area contributed by atoms with Crippen LogP contribution < -0.4 is 10.3 Å². The van der Waals surface area contributed by atoms with Crippen LogP contribution in [0.1, 0.15) is 24.8 Å². The lowest BCUT2D eigenvalue weighted by molar-refractivity contribution is -0.127. The molecule has 0 unspecified atom stereocenters. The fourth-order valence-electron chi connectivity index (χ4n) is 3.76. The highest BCUT2D eigenvalue weighted by molar-refractivity contribution is 7.98. The van der Waals surface area contributed by atoms with Crippen molar-refractivity contribution in [1.29, 1.82) is 0 Å². The van der Waals surface area contributed by atoms with Gasteiger partial charge in [-0.15, -0.1) is 0 Å². The van der Waals surface area contributed by atoms with Gasteiger partial charge in [0, 0.05) is 31.8 Å². The van der Waals surface area contributed by atoms with E-state index in [0.29, 0.717) is 47.7 Å². The monoisotopic (exact) mass is 441 g/mol. The minimum Gasteiger partial charge on any atom is -0.494 e. The lowest BCUT2D eigenvalue weighted by atomic mass is 10.2. The van der Waals surface area contributed by atoms with E-state index in [1.54, 1.807) is 22.8 Å². The van der Waals surface area contributed by atoms with E-state index in [0.717, 1.165) is 18.5 Å². The number of hydrogen-bond donors (Lipinski definition) is 0. The number of fused-ring (bicyclic) bond motifs is 1. The SMILES string of the molecule is COc1ccc(CSc2nc3ccccc3c(=O)n2CCCN2CCCC2=O)cc1F. The number of rotatable bonds is 8. The topological polar surface area (TPSA) is 64.4 Å². The Morgan fingerprint density at radius 2 is 2.00 bits per heavy atom. The number of para-hydroxylation sites is 1. The van der Waals surface area contributed by atoms with Crippen molar-refractivity contribution in [1.82, 2.24) is 14.5 Å². The number of halogens is 1. The van der Waals surface area contributed by atoms with E-state index in [9.17, 15) is 14.0 Å². The molecule has 1 aliphatic heterocycles. The third-order valence-corrected chi connectivity index (χ3v) is 6.44. The lowest BCUT2D eigenvalue weighted by Gasteiger charge is -2.17. The predicted octanol–water partition coefficient (Wildman–Crippen LogP) is 3.85. The number of nitrogens with zero attached hydrogens (tertiary/aromatic N) is 3. The van der Waals surface area contributed by atoms with Crippen molar-refractivity contribution in [3.05, 3.63) is 64.2 Å². The Kier molecular flexibility index (Phi) is 6.56. The van der Waals surface area contributed by atoms with Gasteiger partial charge in [-0.3, -0.25) is 14.2 Å². The van der Waals surface area contributed by atoms with Crippen molar-refractivity contribution >= 4 is 28.6 Å². The molecule has 4 rings (SSSR count). The summed E-state index contributed by atoms with van der Waals surface area (Å²) in [5.74, 6) is 0.432. The highest BCUT2D eigenvalue weighted by Gasteiger charge is 2.20. The third kappa shape index (κ3) is 4.74. The highest BCUT2D eigenvalue weighted by Crippen LogP contribution is 2.25. The predicted molar refractivity (Wildman–Crippen MR) is 119 cm³/mol. The van der Waals surface area contributed by atoms with Gasteiger partial charge in [0.2, 0.25) is 5.91 Å². The molecule has 0 bridgehead atoms. The maximum Gasteiger partial charge on any atom is 0.262 e. The zero-order valence-corrected chi connectivity index (χ0v) is 18.2. The molecule has 1 saturated heterocycles. The van der Waals surface area contributed by atoms with Gasteiger partial charge >= 0.3 is 0 Å². The van der Waals surface area contributed by atoms with Crippen molar-refractivity contribution in [2.45, 2.75) is 36.7 Å². The molecule has 6 nitrogen and oxygen atoms in total. The van der Waals surface area contributed by atoms with Gasteiger partial charge < -0.3 is 9.64 Å². The lowest BCUT2D eigenvalue weighted by Crippen LogP contribution is -2.29. The molecular formula is C23H24FN3O3S. The number of benzene rings is 2. The molecular weight excluding hydrogens is 417 g/mol. The molecule has 31 heavy (non-hydrogen) atoms. The summed E-state index contributed by atoms with van der Waals surface area (Å²) in [6.45, 7) is 1.89. The summed E-state index contributed by atoms with van der Waals surface area (Å²) in [6.07, 6.45) is 2.18. The standard InChI is InChI=1S/C23H24FN3O3S/c1-30-20-10-9-16(14-18(20)24)15-31-23-25-19-7-3-2-6-17(19)22(29)27(23)13-5-12-26-11-4-8-21(26)28/h2-3,6-7,9-10,14H,4-5,8,11-13,15H2,1H3. The molecule has 0 atom stereocenters. The van der Waals surface area contributed by atoms with Crippen molar-refractivity contribution in [2.75, 3.05) is 20.2 Å². The van der Waals surface area contributed by atoms with Crippen LogP contribution in [0.3, 0.4) is 0 Å². The second-order valence-corrected chi connectivity index (χ2v) is 8.41. The molecule has 2 aromatic carbocycles.